The summed E-state index contributed by atoms with van der Waals surface area (Å²) in [5.41, 5.74) is 5.05. The van der Waals surface area contributed by atoms with Crippen molar-refractivity contribution in [1.29, 1.82) is 5.26 Å². The SMILES string of the molecule is COc1ccc(NC2CCN(c3ccc(-c4nc(-c5cnn([C@H]6CC[C@H](N7CCN(c8c(F)cc(NC9CCC(=O)NC9=O)cc8F)CC7)CC6)c5)cn5ncc(C#N)c45)cn3)CC2)cn1. The van der Waals surface area contributed by atoms with Gasteiger partial charge in [0, 0.05) is 93.0 Å². The van der Waals surface area contributed by atoms with Crippen LogP contribution in [0.25, 0.3) is 28.0 Å². The normalized spacial score (nSPS) is 20.8. The van der Waals surface area contributed by atoms with E-state index in [4.69, 9.17) is 19.8 Å². The van der Waals surface area contributed by atoms with E-state index in [2.05, 4.69) is 41.9 Å². The zero-order valence-electron chi connectivity index (χ0n) is 36.5. The van der Waals surface area contributed by atoms with Crippen molar-refractivity contribution in [1.82, 2.24) is 44.6 Å². The number of amides is 2. The van der Waals surface area contributed by atoms with Crippen LogP contribution in [0, 0.1) is 23.0 Å². The number of piperazine rings is 1. The number of anilines is 4. The number of pyridine rings is 2. The number of fused-ring (bicyclic) bond motifs is 1. The molecule has 6 aromatic rings. The predicted molar refractivity (Wildman–Crippen MR) is 243 cm³/mol. The number of ether oxygens (including phenoxy) is 1. The number of rotatable bonds is 11. The molecule has 0 spiro atoms. The average Bonchev–Trinajstić information content (AvgIpc) is 4.01. The summed E-state index contributed by atoms with van der Waals surface area (Å²) in [6, 6.07) is 12.7. The van der Waals surface area contributed by atoms with Gasteiger partial charge in [0.1, 0.15) is 34.7 Å². The van der Waals surface area contributed by atoms with E-state index in [-0.39, 0.29) is 36.2 Å². The Morgan fingerprint density at radius 3 is 2.23 bits per heavy atom. The highest BCUT2D eigenvalue weighted by Gasteiger charge is 2.32. The molecule has 340 valence electrons. The summed E-state index contributed by atoms with van der Waals surface area (Å²) < 4.78 is 39.7. The number of methoxy groups -OCH3 is 1. The monoisotopic (exact) mass is 896 g/mol. The summed E-state index contributed by atoms with van der Waals surface area (Å²) in [6.07, 6.45) is 17.0. The first-order chi connectivity index (χ1) is 32.2. The van der Waals surface area contributed by atoms with Crippen molar-refractivity contribution in [3.05, 3.63) is 90.8 Å². The maximum Gasteiger partial charge on any atom is 0.249 e. The average molecular weight is 897 g/mol. The Kier molecular flexibility index (Phi) is 11.9. The Morgan fingerprint density at radius 2 is 1.55 bits per heavy atom. The molecule has 10 rings (SSSR count). The fourth-order valence-electron chi connectivity index (χ4n) is 9.88. The number of hydrogen-bond acceptors (Lipinski definition) is 14. The largest absolute Gasteiger partial charge is 0.481 e. The van der Waals surface area contributed by atoms with Crippen LogP contribution in [0.4, 0.5) is 31.7 Å². The first-order valence-corrected chi connectivity index (χ1v) is 22.6. The smallest absolute Gasteiger partial charge is 0.249 e. The number of piperidine rings is 2. The number of halogens is 2. The Labute approximate surface area is 379 Å². The topological polar surface area (TPSA) is 187 Å². The van der Waals surface area contributed by atoms with Gasteiger partial charge in [-0.3, -0.25) is 24.5 Å². The molecule has 0 radical (unpaired) electrons. The van der Waals surface area contributed by atoms with E-state index in [9.17, 15) is 14.9 Å². The van der Waals surface area contributed by atoms with Gasteiger partial charge in [-0.25, -0.2) is 28.2 Å². The highest BCUT2D eigenvalue weighted by molar-refractivity contribution is 6.01. The van der Waals surface area contributed by atoms with E-state index in [1.54, 1.807) is 28.9 Å². The van der Waals surface area contributed by atoms with Crippen molar-refractivity contribution < 1.29 is 23.1 Å². The van der Waals surface area contributed by atoms with Crippen LogP contribution in [0.3, 0.4) is 0 Å². The lowest BCUT2D eigenvalue weighted by Crippen LogP contribution is -2.51. The van der Waals surface area contributed by atoms with Gasteiger partial charge in [0.2, 0.25) is 17.7 Å². The number of carbonyl (C=O) groups excluding carboxylic acids is 2. The summed E-state index contributed by atoms with van der Waals surface area (Å²) >= 11 is 0. The van der Waals surface area contributed by atoms with Crippen LogP contribution in [0.1, 0.15) is 63.0 Å². The van der Waals surface area contributed by atoms with Crippen LogP contribution in [0.5, 0.6) is 5.88 Å². The number of imide groups is 1. The molecule has 1 saturated carbocycles. The molecule has 0 bridgehead atoms. The molecule has 3 N–H and O–H groups in total. The molecule has 1 atom stereocenters. The molecule has 4 fully saturated rings. The van der Waals surface area contributed by atoms with Crippen molar-refractivity contribution in [3.8, 4) is 34.5 Å². The molecule has 5 aromatic heterocycles. The molecular weight excluding hydrogens is 847 g/mol. The van der Waals surface area contributed by atoms with E-state index >= 15 is 8.78 Å². The van der Waals surface area contributed by atoms with Crippen LogP contribution in [0.2, 0.25) is 0 Å². The first-order valence-electron chi connectivity index (χ1n) is 22.6. The van der Waals surface area contributed by atoms with Gasteiger partial charge >= 0.3 is 0 Å². The zero-order valence-corrected chi connectivity index (χ0v) is 36.5. The molecule has 4 aliphatic rings. The van der Waals surface area contributed by atoms with Gasteiger partial charge in [-0.05, 0) is 75.3 Å². The summed E-state index contributed by atoms with van der Waals surface area (Å²) in [6.45, 7) is 4.06. The van der Waals surface area contributed by atoms with Crippen LogP contribution in [0.15, 0.2) is 73.6 Å². The summed E-state index contributed by atoms with van der Waals surface area (Å²) in [7, 11) is 1.61. The van der Waals surface area contributed by atoms with E-state index in [1.165, 1.54) is 12.1 Å². The number of hydrogen-bond donors (Lipinski definition) is 3. The maximum absolute atomic E-state index is 15.4. The molecular formula is C47H50F2N14O3. The van der Waals surface area contributed by atoms with Crippen molar-refractivity contribution >= 4 is 40.2 Å². The Morgan fingerprint density at radius 1 is 0.773 bits per heavy atom. The quantitative estimate of drug-likeness (QED) is 0.132. The molecule has 1 aliphatic carbocycles. The standard InChI is InChI=1S/C47H50F2N14O3/c1-66-43-11-3-33(26-52-43)55-32-12-14-60(15-13-32)41-9-2-29(23-51-41)44-45-30(22-50)24-54-63(45)28-40(57-44)31-25-53-62(27-31)36-6-4-35(5-7-36)59-16-18-61(19-17-59)46-37(48)20-34(21-38(46)49)56-39-8-10-42(64)58-47(39)65/h2-3,9,11,20-21,23-28,32,35-36,39,55-56H,4-8,10,12-19H2,1H3,(H,58,64,65)/t35-,36-,39?. The second-order valence-corrected chi connectivity index (χ2v) is 17.5. The van der Waals surface area contributed by atoms with Gasteiger partial charge in [0.25, 0.3) is 0 Å². The highest BCUT2D eigenvalue weighted by Crippen LogP contribution is 2.35. The fourth-order valence-corrected chi connectivity index (χ4v) is 9.88. The predicted octanol–water partition coefficient (Wildman–Crippen LogP) is 5.81. The Balaban J connectivity index is 0.752. The van der Waals surface area contributed by atoms with Crippen LogP contribution in [-0.2, 0) is 9.59 Å². The molecule has 3 aliphatic heterocycles. The number of nitrogens with zero attached hydrogens (tertiary/aromatic N) is 11. The number of carbonyl (C=O) groups is 2. The maximum atomic E-state index is 15.4. The van der Waals surface area contributed by atoms with Gasteiger partial charge < -0.3 is 25.2 Å². The van der Waals surface area contributed by atoms with Gasteiger partial charge in [-0.15, -0.1) is 0 Å². The molecule has 1 aromatic carbocycles. The lowest BCUT2D eigenvalue weighted by Gasteiger charge is -2.42. The van der Waals surface area contributed by atoms with Crippen molar-refractivity contribution in [3.63, 3.8) is 0 Å². The number of nitrogens with one attached hydrogen (secondary N) is 3. The van der Waals surface area contributed by atoms with Crippen LogP contribution < -0.4 is 30.5 Å². The molecule has 8 heterocycles. The number of benzene rings is 1. The first kappa shape index (κ1) is 42.7. The summed E-state index contributed by atoms with van der Waals surface area (Å²) in [4.78, 5) is 44.4. The number of aromatic nitrogens is 7. The zero-order chi connectivity index (χ0) is 45.3. The summed E-state index contributed by atoms with van der Waals surface area (Å²) in [5, 5.41) is 28.0. The van der Waals surface area contributed by atoms with E-state index in [0.717, 1.165) is 74.2 Å². The third kappa shape index (κ3) is 8.80. The second kappa shape index (κ2) is 18.4. The molecule has 66 heavy (non-hydrogen) atoms. The minimum Gasteiger partial charge on any atom is -0.481 e. The highest BCUT2D eigenvalue weighted by atomic mass is 19.1. The third-order valence-corrected chi connectivity index (χ3v) is 13.5. The lowest BCUT2D eigenvalue weighted by molar-refractivity contribution is -0.133. The molecule has 2 amide bonds. The van der Waals surface area contributed by atoms with Crippen molar-refractivity contribution in [2.75, 3.05) is 66.8 Å². The minimum absolute atomic E-state index is 0.0598. The Hall–Kier alpha value is -7.20. The molecule has 3 saturated heterocycles. The lowest BCUT2D eigenvalue weighted by atomic mass is 9.90. The fraction of sp³-hybridized carbons (Fsp3) is 0.404. The Bertz CT molecular complexity index is 2740. The van der Waals surface area contributed by atoms with E-state index in [0.29, 0.717) is 66.6 Å². The van der Waals surface area contributed by atoms with Gasteiger partial charge in [-0.2, -0.15) is 15.5 Å². The van der Waals surface area contributed by atoms with Gasteiger partial charge in [0.15, 0.2) is 11.6 Å². The van der Waals surface area contributed by atoms with Crippen LogP contribution >= 0.6 is 0 Å². The third-order valence-electron chi connectivity index (χ3n) is 13.5. The van der Waals surface area contributed by atoms with Crippen LogP contribution in [-0.4, -0.2) is 116 Å². The minimum atomic E-state index is -0.730. The van der Waals surface area contributed by atoms with E-state index in [1.807, 2.05) is 53.7 Å². The van der Waals surface area contributed by atoms with Gasteiger partial charge in [-0.1, -0.05) is 0 Å². The van der Waals surface area contributed by atoms with Crippen molar-refractivity contribution in [2.45, 2.75) is 75.5 Å². The molecule has 1 unspecified atom stereocenters. The number of nitriles is 1. The molecule has 19 heteroatoms. The summed E-state index contributed by atoms with van der Waals surface area (Å²) in [5.74, 6) is -0.753. The van der Waals surface area contributed by atoms with E-state index < -0.39 is 23.6 Å². The van der Waals surface area contributed by atoms with Gasteiger partial charge in [0.05, 0.1) is 55.0 Å². The molecule has 17 nitrogen and oxygen atoms in total. The van der Waals surface area contributed by atoms with Crippen molar-refractivity contribution in [2.24, 2.45) is 0 Å². The second-order valence-electron chi connectivity index (χ2n) is 17.5.